The van der Waals surface area contributed by atoms with E-state index in [1.54, 1.807) is 12.3 Å². The number of hydrogen-bond donors (Lipinski definition) is 2. The van der Waals surface area contributed by atoms with Crippen LogP contribution in [-0.4, -0.2) is 24.0 Å². The van der Waals surface area contributed by atoms with E-state index < -0.39 is 0 Å². The molecule has 0 aliphatic carbocycles. The number of anilines is 1. The molecule has 2 aromatic carbocycles. The normalized spacial score (nSPS) is 18.3. The summed E-state index contributed by atoms with van der Waals surface area (Å²) in [5, 5.41) is 6.24. The SMILES string of the molecule is O=C(Nc1ccc(Oc2ccc3c(c2)CCC(c2ccccc2)O3)nc1)C1CCNCC1. The van der Waals surface area contributed by atoms with E-state index >= 15 is 0 Å². The third-order valence-corrected chi connectivity index (χ3v) is 6.08. The van der Waals surface area contributed by atoms with Crippen LogP contribution in [-0.2, 0) is 11.2 Å². The summed E-state index contributed by atoms with van der Waals surface area (Å²) >= 11 is 0. The zero-order valence-electron chi connectivity index (χ0n) is 17.9. The molecular formula is C26H27N3O3. The molecule has 1 atom stereocenters. The van der Waals surface area contributed by atoms with Gasteiger partial charge in [-0.15, -0.1) is 0 Å². The zero-order valence-corrected chi connectivity index (χ0v) is 17.9. The quantitative estimate of drug-likeness (QED) is 0.605. The smallest absolute Gasteiger partial charge is 0.227 e. The minimum atomic E-state index is 0.0606. The van der Waals surface area contributed by atoms with Crippen LogP contribution in [0, 0.1) is 5.92 Å². The van der Waals surface area contributed by atoms with Crippen molar-refractivity contribution in [1.82, 2.24) is 10.3 Å². The maximum absolute atomic E-state index is 12.4. The molecule has 0 saturated carbocycles. The van der Waals surface area contributed by atoms with Crippen molar-refractivity contribution >= 4 is 11.6 Å². The van der Waals surface area contributed by atoms with Crippen LogP contribution in [0.3, 0.4) is 0 Å². The van der Waals surface area contributed by atoms with Crippen LogP contribution in [0.1, 0.15) is 36.5 Å². The van der Waals surface area contributed by atoms with E-state index in [4.69, 9.17) is 9.47 Å². The summed E-state index contributed by atoms with van der Waals surface area (Å²) < 4.78 is 12.2. The average Bonchev–Trinajstić information content (AvgIpc) is 2.86. The van der Waals surface area contributed by atoms with E-state index in [9.17, 15) is 4.79 Å². The third-order valence-electron chi connectivity index (χ3n) is 6.08. The maximum atomic E-state index is 12.4. The predicted molar refractivity (Wildman–Crippen MR) is 123 cm³/mol. The van der Waals surface area contributed by atoms with Crippen molar-refractivity contribution < 1.29 is 14.3 Å². The van der Waals surface area contributed by atoms with Crippen LogP contribution in [0.25, 0.3) is 0 Å². The Hall–Kier alpha value is -3.38. The molecule has 1 aromatic heterocycles. The van der Waals surface area contributed by atoms with Gasteiger partial charge in [0.25, 0.3) is 0 Å². The van der Waals surface area contributed by atoms with Gasteiger partial charge in [0.2, 0.25) is 11.8 Å². The maximum Gasteiger partial charge on any atom is 0.227 e. The number of aryl methyl sites for hydroxylation is 1. The fourth-order valence-electron chi connectivity index (χ4n) is 4.29. The number of nitrogens with zero attached hydrogens (tertiary/aromatic N) is 1. The molecule has 3 heterocycles. The van der Waals surface area contributed by atoms with Gasteiger partial charge in [-0.1, -0.05) is 30.3 Å². The highest BCUT2D eigenvalue weighted by Gasteiger charge is 2.22. The van der Waals surface area contributed by atoms with Crippen molar-refractivity contribution in [3.8, 4) is 17.4 Å². The minimum absolute atomic E-state index is 0.0606. The number of hydrogen-bond acceptors (Lipinski definition) is 5. The molecular weight excluding hydrogens is 402 g/mol. The summed E-state index contributed by atoms with van der Waals surface area (Å²) in [5.41, 5.74) is 3.03. The molecule has 5 rings (SSSR count). The number of carbonyl (C=O) groups is 1. The number of nitrogens with one attached hydrogen (secondary N) is 2. The highest BCUT2D eigenvalue weighted by molar-refractivity contribution is 5.92. The van der Waals surface area contributed by atoms with Gasteiger partial charge in [-0.2, -0.15) is 0 Å². The van der Waals surface area contributed by atoms with E-state index in [-0.39, 0.29) is 17.9 Å². The lowest BCUT2D eigenvalue weighted by molar-refractivity contribution is -0.120. The summed E-state index contributed by atoms with van der Waals surface area (Å²) in [7, 11) is 0. The van der Waals surface area contributed by atoms with Crippen LogP contribution < -0.4 is 20.1 Å². The van der Waals surface area contributed by atoms with Gasteiger partial charge in [0.05, 0.1) is 11.9 Å². The van der Waals surface area contributed by atoms with Gasteiger partial charge in [0.1, 0.15) is 17.6 Å². The van der Waals surface area contributed by atoms with Gasteiger partial charge in [-0.25, -0.2) is 4.98 Å². The monoisotopic (exact) mass is 429 g/mol. The second-order valence-corrected chi connectivity index (χ2v) is 8.33. The summed E-state index contributed by atoms with van der Waals surface area (Å²) in [6, 6.07) is 19.8. The highest BCUT2D eigenvalue weighted by Crippen LogP contribution is 2.37. The van der Waals surface area contributed by atoms with Crippen molar-refractivity contribution in [2.75, 3.05) is 18.4 Å². The second-order valence-electron chi connectivity index (χ2n) is 8.33. The molecule has 1 amide bonds. The molecule has 2 N–H and O–H groups in total. The van der Waals surface area contributed by atoms with Gasteiger partial charge in [0.15, 0.2) is 0 Å². The predicted octanol–water partition coefficient (Wildman–Crippen LogP) is 4.88. The van der Waals surface area contributed by atoms with Crippen LogP contribution in [0.2, 0.25) is 0 Å². The van der Waals surface area contributed by atoms with E-state index in [1.165, 1.54) is 5.56 Å². The molecule has 3 aromatic rings. The molecule has 6 heteroatoms. The summed E-state index contributed by atoms with van der Waals surface area (Å²) in [6.45, 7) is 1.78. The van der Waals surface area contributed by atoms with Crippen LogP contribution in [0.4, 0.5) is 5.69 Å². The molecule has 0 bridgehead atoms. The van der Waals surface area contributed by atoms with Crippen molar-refractivity contribution in [2.24, 2.45) is 5.92 Å². The van der Waals surface area contributed by atoms with Gasteiger partial charge >= 0.3 is 0 Å². The van der Waals surface area contributed by atoms with Crippen molar-refractivity contribution in [3.63, 3.8) is 0 Å². The first-order valence-corrected chi connectivity index (χ1v) is 11.2. The molecule has 6 nitrogen and oxygen atoms in total. The lowest BCUT2D eigenvalue weighted by atomic mass is 9.97. The highest BCUT2D eigenvalue weighted by atomic mass is 16.5. The molecule has 1 fully saturated rings. The van der Waals surface area contributed by atoms with E-state index in [0.29, 0.717) is 11.6 Å². The molecule has 164 valence electrons. The Morgan fingerprint density at radius 1 is 1.03 bits per heavy atom. The largest absolute Gasteiger partial charge is 0.485 e. The Morgan fingerprint density at radius 3 is 2.66 bits per heavy atom. The number of aromatic nitrogens is 1. The first kappa shape index (κ1) is 20.5. The fourth-order valence-corrected chi connectivity index (χ4v) is 4.29. The number of ether oxygens (including phenoxy) is 2. The molecule has 32 heavy (non-hydrogen) atoms. The van der Waals surface area contributed by atoms with E-state index in [2.05, 4.69) is 27.8 Å². The van der Waals surface area contributed by atoms with Crippen molar-refractivity contribution in [2.45, 2.75) is 31.8 Å². The Morgan fingerprint density at radius 2 is 1.88 bits per heavy atom. The Bertz CT molecular complexity index is 1060. The van der Waals surface area contributed by atoms with Gasteiger partial charge in [-0.3, -0.25) is 4.79 Å². The Balaban J connectivity index is 1.20. The number of benzene rings is 2. The molecule has 1 unspecified atom stereocenters. The summed E-state index contributed by atoms with van der Waals surface area (Å²) in [6.07, 6.45) is 5.33. The van der Waals surface area contributed by atoms with Crippen molar-refractivity contribution in [1.29, 1.82) is 0 Å². The van der Waals surface area contributed by atoms with Crippen LogP contribution in [0.5, 0.6) is 17.4 Å². The van der Waals surface area contributed by atoms with E-state index in [0.717, 1.165) is 55.8 Å². The molecule has 1 saturated heterocycles. The molecule has 0 radical (unpaired) electrons. The fraction of sp³-hybridized carbons (Fsp3) is 0.308. The van der Waals surface area contributed by atoms with Crippen LogP contribution >= 0.6 is 0 Å². The van der Waals surface area contributed by atoms with Gasteiger partial charge < -0.3 is 20.1 Å². The summed E-state index contributed by atoms with van der Waals surface area (Å²) in [4.78, 5) is 16.7. The lowest BCUT2D eigenvalue weighted by Crippen LogP contribution is -2.34. The second kappa shape index (κ2) is 9.40. The first-order valence-electron chi connectivity index (χ1n) is 11.2. The summed E-state index contributed by atoms with van der Waals surface area (Å²) in [5.74, 6) is 2.24. The number of carbonyl (C=O) groups excluding carboxylic acids is 1. The standard InChI is InChI=1S/C26H27N3O3/c30-26(19-12-14-27-15-13-19)29-21-7-11-25(28-17-21)31-22-8-10-24-20(16-22)6-9-23(32-24)18-4-2-1-3-5-18/h1-5,7-8,10-11,16-17,19,23,27H,6,9,12-15H2,(H,29,30). The average molecular weight is 430 g/mol. The Labute approximate surface area is 188 Å². The number of pyridine rings is 1. The minimum Gasteiger partial charge on any atom is -0.485 e. The third kappa shape index (κ3) is 4.75. The number of rotatable bonds is 5. The number of fused-ring (bicyclic) bond motifs is 1. The van der Waals surface area contributed by atoms with E-state index in [1.807, 2.05) is 42.5 Å². The first-order chi connectivity index (χ1) is 15.7. The van der Waals surface area contributed by atoms with Crippen molar-refractivity contribution in [3.05, 3.63) is 78.0 Å². The van der Waals surface area contributed by atoms with Gasteiger partial charge in [-0.05, 0) is 74.2 Å². The lowest BCUT2D eigenvalue weighted by Gasteiger charge is -2.26. The van der Waals surface area contributed by atoms with Crippen LogP contribution in [0.15, 0.2) is 66.9 Å². The zero-order chi connectivity index (χ0) is 21.8. The molecule has 2 aliphatic rings. The topological polar surface area (TPSA) is 72.5 Å². The Kier molecular flexibility index (Phi) is 6.03. The van der Waals surface area contributed by atoms with Gasteiger partial charge in [0, 0.05) is 12.0 Å². The molecule has 0 spiro atoms. The molecule has 2 aliphatic heterocycles. The number of amides is 1. The number of piperidine rings is 1.